The molecule has 1 unspecified atom stereocenters. The van der Waals surface area contributed by atoms with E-state index in [9.17, 15) is 4.79 Å². The van der Waals surface area contributed by atoms with Crippen LogP contribution in [0.2, 0.25) is 0 Å². The number of aryl methyl sites for hydroxylation is 2. The lowest BCUT2D eigenvalue weighted by Gasteiger charge is -2.22. The maximum Gasteiger partial charge on any atom is 0.236 e. The summed E-state index contributed by atoms with van der Waals surface area (Å²) in [4.78, 5) is 13.6. The lowest BCUT2D eigenvalue weighted by atomic mass is 10.1. The van der Waals surface area contributed by atoms with Gasteiger partial charge in [-0.05, 0) is 40.7 Å². The summed E-state index contributed by atoms with van der Waals surface area (Å²) in [6.07, 6.45) is 0. The van der Waals surface area contributed by atoms with Crippen molar-refractivity contribution in [1.82, 2.24) is 10.2 Å². The van der Waals surface area contributed by atoms with Crippen molar-refractivity contribution in [1.29, 1.82) is 0 Å². The summed E-state index contributed by atoms with van der Waals surface area (Å²) in [7, 11) is 1.83. The van der Waals surface area contributed by atoms with Crippen LogP contribution in [0.1, 0.15) is 43.9 Å². The van der Waals surface area contributed by atoms with E-state index in [1.165, 1.54) is 0 Å². The molecule has 1 N–H and O–H groups in total. The molecule has 0 bridgehead atoms. The van der Waals surface area contributed by atoms with E-state index < -0.39 is 0 Å². The second kappa shape index (κ2) is 6.05. The van der Waals surface area contributed by atoms with Gasteiger partial charge in [0.2, 0.25) is 5.91 Å². The number of nitrogens with zero attached hydrogens (tertiary/aromatic N) is 1. The summed E-state index contributed by atoms with van der Waals surface area (Å²) in [5.74, 6) is 1.92. The van der Waals surface area contributed by atoms with Crippen LogP contribution in [0, 0.1) is 13.8 Å². The van der Waals surface area contributed by atoms with Gasteiger partial charge in [-0.1, -0.05) is 0 Å². The van der Waals surface area contributed by atoms with Gasteiger partial charge in [0.1, 0.15) is 11.5 Å². The van der Waals surface area contributed by atoms with E-state index in [0.717, 1.165) is 17.1 Å². The molecule has 0 aromatic carbocycles. The molecular weight excluding hydrogens is 228 g/mol. The highest BCUT2D eigenvalue weighted by Gasteiger charge is 2.16. The maximum absolute atomic E-state index is 11.9. The molecular formula is C14H24N2O2. The number of carbonyl (C=O) groups is 1. The van der Waals surface area contributed by atoms with Gasteiger partial charge in [0, 0.05) is 24.7 Å². The Morgan fingerprint density at radius 3 is 2.44 bits per heavy atom. The first kappa shape index (κ1) is 14.8. The monoisotopic (exact) mass is 252 g/mol. The zero-order valence-electron chi connectivity index (χ0n) is 12.2. The Labute approximate surface area is 109 Å². The van der Waals surface area contributed by atoms with Gasteiger partial charge in [0.05, 0.1) is 6.54 Å². The number of hydrogen-bond donors (Lipinski definition) is 1. The standard InChI is InChI=1S/C14H24N2O2/c1-9(2)16(6)14(17)8-15-11(4)13-7-10(3)18-12(13)5/h7,9,11,15H,8H2,1-6H3. The second-order valence-electron chi connectivity index (χ2n) is 5.07. The molecule has 0 saturated carbocycles. The van der Waals surface area contributed by atoms with Gasteiger partial charge in [-0.3, -0.25) is 4.79 Å². The molecule has 0 fully saturated rings. The van der Waals surface area contributed by atoms with Crippen molar-refractivity contribution in [3.05, 3.63) is 23.2 Å². The Balaban J connectivity index is 2.54. The van der Waals surface area contributed by atoms with Crippen molar-refractivity contribution in [3.63, 3.8) is 0 Å². The molecule has 4 heteroatoms. The number of nitrogens with one attached hydrogen (secondary N) is 1. The predicted molar refractivity (Wildman–Crippen MR) is 72.5 cm³/mol. The summed E-state index contributed by atoms with van der Waals surface area (Å²) in [5.41, 5.74) is 1.12. The topological polar surface area (TPSA) is 45.5 Å². The smallest absolute Gasteiger partial charge is 0.236 e. The van der Waals surface area contributed by atoms with Gasteiger partial charge in [0.25, 0.3) is 0 Å². The predicted octanol–water partition coefficient (Wildman–Crippen LogP) is 2.41. The molecule has 0 aliphatic rings. The fourth-order valence-corrected chi connectivity index (χ4v) is 1.84. The Morgan fingerprint density at radius 1 is 1.39 bits per heavy atom. The number of hydrogen-bond acceptors (Lipinski definition) is 3. The average molecular weight is 252 g/mol. The van der Waals surface area contributed by atoms with Crippen molar-refractivity contribution in [2.75, 3.05) is 13.6 Å². The van der Waals surface area contributed by atoms with E-state index in [1.807, 2.05) is 47.7 Å². The molecule has 4 nitrogen and oxygen atoms in total. The summed E-state index contributed by atoms with van der Waals surface area (Å²) >= 11 is 0. The first-order chi connectivity index (χ1) is 8.32. The highest BCUT2D eigenvalue weighted by Crippen LogP contribution is 2.20. The molecule has 102 valence electrons. The molecule has 1 rings (SSSR count). The van der Waals surface area contributed by atoms with Crippen LogP contribution in [-0.2, 0) is 4.79 Å². The molecule has 0 aliphatic carbocycles. The minimum absolute atomic E-state index is 0.106. The van der Waals surface area contributed by atoms with E-state index in [4.69, 9.17) is 4.42 Å². The van der Waals surface area contributed by atoms with Gasteiger partial charge in [0.15, 0.2) is 0 Å². The van der Waals surface area contributed by atoms with Gasteiger partial charge in [-0.2, -0.15) is 0 Å². The van der Waals surface area contributed by atoms with Crippen LogP contribution in [0.25, 0.3) is 0 Å². The van der Waals surface area contributed by atoms with Gasteiger partial charge >= 0.3 is 0 Å². The number of furan rings is 1. The fraction of sp³-hybridized carbons (Fsp3) is 0.643. The average Bonchev–Trinajstić information content (AvgIpc) is 2.63. The van der Waals surface area contributed by atoms with E-state index >= 15 is 0 Å². The Kier molecular flexibility index (Phi) is 4.96. The number of likely N-dealkylation sites (N-methyl/N-ethyl adjacent to an activating group) is 1. The van der Waals surface area contributed by atoms with Gasteiger partial charge in [-0.15, -0.1) is 0 Å². The maximum atomic E-state index is 11.9. The van der Waals surface area contributed by atoms with Crippen molar-refractivity contribution in [2.24, 2.45) is 0 Å². The van der Waals surface area contributed by atoms with Crippen molar-refractivity contribution < 1.29 is 9.21 Å². The minimum Gasteiger partial charge on any atom is -0.466 e. The Bertz CT molecular complexity index is 410. The molecule has 1 amide bonds. The molecule has 1 aromatic heterocycles. The summed E-state index contributed by atoms with van der Waals surface area (Å²) in [6.45, 7) is 10.3. The second-order valence-corrected chi connectivity index (χ2v) is 5.07. The van der Waals surface area contributed by atoms with E-state index in [1.54, 1.807) is 4.90 Å². The highest BCUT2D eigenvalue weighted by molar-refractivity contribution is 5.78. The van der Waals surface area contributed by atoms with Crippen LogP contribution >= 0.6 is 0 Å². The number of rotatable bonds is 5. The highest BCUT2D eigenvalue weighted by atomic mass is 16.3. The van der Waals surface area contributed by atoms with Crippen LogP contribution in [0.4, 0.5) is 0 Å². The molecule has 0 radical (unpaired) electrons. The van der Waals surface area contributed by atoms with Crippen molar-refractivity contribution in [3.8, 4) is 0 Å². The molecule has 1 heterocycles. The van der Waals surface area contributed by atoms with Gasteiger partial charge < -0.3 is 14.6 Å². The van der Waals surface area contributed by atoms with Gasteiger partial charge in [-0.25, -0.2) is 0 Å². The first-order valence-electron chi connectivity index (χ1n) is 6.39. The third kappa shape index (κ3) is 3.60. The third-order valence-electron chi connectivity index (χ3n) is 3.27. The molecule has 0 aliphatic heterocycles. The van der Waals surface area contributed by atoms with Crippen molar-refractivity contribution >= 4 is 5.91 Å². The van der Waals surface area contributed by atoms with Crippen LogP contribution in [-0.4, -0.2) is 30.4 Å². The Hall–Kier alpha value is -1.29. The summed E-state index contributed by atoms with van der Waals surface area (Å²) in [6, 6.07) is 2.36. The number of amides is 1. The Morgan fingerprint density at radius 2 is 2.00 bits per heavy atom. The molecule has 1 aromatic rings. The van der Waals surface area contributed by atoms with Crippen LogP contribution in [0.5, 0.6) is 0 Å². The fourth-order valence-electron chi connectivity index (χ4n) is 1.84. The number of carbonyl (C=O) groups excluding carboxylic acids is 1. The SMILES string of the molecule is Cc1cc(C(C)NCC(=O)N(C)C(C)C)c(C)o1. The van der Waals surface area contributed by atoms with E-state index in [0.29, 0.717) is 6.54 Å². The zero-order valence-corrected chi connectivity index (χ0v) is 12.2. The third-order valence-corrected chi connectivity index (χ3v) is 3.27. The lowest BCUT2D eigenvalue weighted by Crippen LogP contribution is -2.40. The molecule has 0 spiro atoms. The largest absolute Gasteiger partial charge is 0.466 e. The summed E-state index contributed by atoms with van der Waals surface area (Å²) < 4.78 is 5.49. The van der Waals surface area contributed by atoms with E-state index in [2.05, 4.69) is 5.32 Å². The van der Waals surface area contributed by atoms with E-state index in [-0.39, 0.29) is 18.0 Å². The lowest BCUT2D eigenvalue weighted by molar-refractivity contribution is -0.130. The van der Waals surface area contributed by atoms with Crippen molar-refractivity contribution in [2.45, 2.75) is 46.7 Å². The van der Waals surface area contributed by atoms with Crippen LogP contribution < -0.4 is 5.32 Å². The quantitative estimate of drug-likeness (QED) is 0.875. The van der Waals surface area contributed by atoms with Crippen LogP contribution in [0.3, 0.4) is 0 Å². The van der Waals surface area contributed by atoms with Crippen LogP contribution in [0.15, 0.2) is 10.5 Å². The zero-order chi connectivity index (χ0) is 13.9. The normalized spacial score (nSPS) is 12.8. The summed E-state index contributed by atoms with van der Waals surface area (Å²) in [5, 5.41) is 3.24. The first-order valence-corrected chi connectivity index (χ1v) is 6.39. The molecule has 0 saturated heterocycles. The molecule has 1 atom stereocenters. The molecule has 18 heavy (non-hydrogen) atoms. The minimum atomic E-state index is 0.106.